The number of anilines is 1. The maximum atomic E-state index is 12.7. The van der Waals surface area contributed by atoms with Crippen molar-refractivity contribution >= 4 is 11.6 Å². The van der Waals surface area contributed by atoms with Crippen molar-refractivity contribution in [2.45, 2.75) is 25.9 Å². The average molecular weight is 425 g/mol. The summed E-state index contributed by atoms with van der Waals surface area (Å²) < 4.78 is 7.19. The van der Waals surface area contributed by atoms with E-state index < -0.39 is 0 Å². The van der Waals surface area contributed by atoms with Crippen LogP contribution in [-0.2, 0) is 0 Å². The number of carbonyl (C=O) groups is 1. The molecule has 0 spiro atoms. The molecule has 31 heavy (non-hydrogen) atoms. The predicted octanol–water partition coefficient (Wildman–Crippen LogP) is 1.04. The quantitative estimate of drug-likeness (QED) is 0.637. The molecule has 1 aromatic carbocycles. The fourth-order valence-corrected chi connectivity index (χ4v) is 4.13. The number of furan rings is 1. The van der Waals surface area contributed by atoms with Crippen molar-refractivity contribution in [3.8, 4) is 0 Å². The Morgan fingerprint density at radius 3 is 2.42 bits per heavy atom. The maximum Gasteiger partial charge on any atom is 0.289 e. The Hall–Kier alpha value is -3.20. The van der Waals surface area contributed by atoms with Crippen LogP contribution in [0.4, 0.5) is 5.69 Å². The topological polar surface area (TPSA) is 84.7 Å². The second kappa shape index (κ2) is 8.89. The molecule has 0 saturated carbocycles. The van der Waals surface area contributed by atoms with Crippen molar-refractivity contribution < 1.29 is 14.1 Å². The zero-order valence-corrected chi connectivity index (χ0v) is 18.5. The molecule has 1 aliphatic rings. The molecule has 2 aromatic heterocycles. The van der Waals surface area contributed by atoms with Crippen LogP contribution in [-0.4, -0.2) is 71.3 Å². The van der Waals surface area contributed by atoms with Crippen molar-refractivity contribution in [3.05, 3.63) is 59.8 Å². The van der Waals surface area contributed by atoms with Gasteiger partial charge in [0.15, 0.2) is 11.8 Å². The zero-order valence-electron chi connectivity index (χ0n) is 18.5. The minimum absolute atomic E-state index is 0.00511. The molecule has 9 heteroatoms. The zero-order chi connectivity index (χ0) is 22.0. The molecule has 0 aliphatic carbocycles. The van der Waals surface area contributed by atoms with Crippen LogP contribution in [0.2, 0.25) is 0 Å². The van der Waals surface area contributed by atoms with Gasteiger partial charge < -0.3 is 19.1 Å². The van der Waals surface area contributed by atoms with Gasteiger partial charge in [-0.3, -0.25) is 4.79 Å². The molecule has 4 rings (SSSR count). The molecule has 3 heterocycles. The van der Waals surface area contributed by atoms with E-state index in [-0.39, 0.29) is 18.0 Å². The lowest BCUT2D eigenvalue weighted by Crippen LogP contribution is -3.15. The Balaban J connectivity index is 1.59. The number of quaternary nitrogens is 1. The standard InChI is InChI=1S/C22H29N7O2/c1-16(2)29-21(23-24-25-29)20(17-7-9-18(10-8-17)26(3)4)27-11-13-28(14-12-27)22(30)19-6-5-15-31-19/h5-10,15-16,20H,11-14H2,1-4H3/p+1/t20-/m0/s1. The molecule has 1 atom stereocenters. The third-order valence-electron chi connectivity index (χ3n) is 5.84. The molecule has 1 aliphatic heterocycles. The van der Waals surface area contributed by atoms with E-state index in [1.165, 1.54) is 16.7 Å². The molecular formula is C22H30N7O2+. The number of tetrazole rings is 1. The minimum Gasteiger partial charge on any atom is -0.459 e. The lowest BCUT2D eigenvalue weighted by Gasteiger charge is -2.36. The van der Waals surface area contributed by atoms with Crippen molar-refractivity contribution in [3.63, 3.8) is 0 Å². The van der Waals surface area contributed by atoms with E-state index in [4.69, 9.17) is 4.42 Å². The second-order valence-corrected chi connectivity index (χ2v) is 8.42. The number of hydrogen-bond donors (Lipinski definition) is 1. The van der Waals surface area contributed by atoms with Crippen molar-refractivity contribution in [1.29, 1.82) is 0 Å². The number of aromatic nitrogens is 4. The average Bonchev–Trinajstić information content (AvgIpc) is 3.47. The van der Waals surface area contributed by atoms with E-state index in [1.54, 1.807) is 12.1 Å². The fraction of sp³-hybridized carbons (Fsp3) is 0.455. The van der Waals surface area contributed by atoms with E-state index in [0.717, 1.165) is 24.6 Å². The molecule has 164 valence electrons. The van der Waals surface area contributed by atoms with Crippen molar-refractivity contribution in [1.82, 2.24) is 25.1 Å². The summed E-state index contributed by atoms with van der Waals surface area (Å²) in [6, 6.07) is 12.2. The molecule has 3 aromatic rings. The number of nitrogens with zero attached hydrogens (tertiary/aromatic N) is 6. The fourth-order valence-electron chi connectivity index (χ4n) is 4.13. The first kappa shape index (κ1) is 21.0. The van der Waals surface area contributed by atoms with Crippen LogP contribution in [0.25, 0.3) is 0 Å². The largest absolute Gasteiger partial charge is 0.459 e. The van der Waals surface area contributed by atoms with Gasteiger partial charge in [0.05, 0.1) is 38.5 Å². The Kier molecular flexibility index (Phi) is 6.03. The normalized spacial score (nSPS) is 16.0. The summed E-state index contributed by atoms with van der Waals surface area (Å²) >= 11 is 0. The van der Waals surface area contributed by atoms with Gasteiger partial charge in [0.2, 0.25) is 5.82 Å². The first-order valence-corrected chi connectivity index (χ1v) is 10.7. The van der Waals surface area contributed by atoms with E-state index in [0.29, 0.717) is 18.8 Å². The number of benzene rings is 1. The Morgan fingerprint density at radius 2 is 1.84 bits per heavy atom. The van der Waals surface area contributed by atoms with Crippen molar-refractivity contribution in [2.75, 3.05) is 45.2 Å². The molecule has 1 amide bonds. The van der Waals surface area contributed by atoms with Gasteiger partial charge in [0, 0.05) is 25.3 Å². The molecule has 1 fully saturated rings. The Labute approximate surface area is 182 Å². The highest BCUT2D eigenvalue weighted by Gasteiger charge is 2.36. The summed E-state index contributed by atoms with van der Waals surface area (Å²) in [5.74, 6) is 1.19. The molecule has 1 saturated heterocycles. The van der Waals surface area contributed by atoms with Crippen LogP contribution < -0.4 is 9.80 Å². The molecular weight excluding hydrogens is 394 g/mol. The highest BCUT2D eigenvalue weighted by Crippen LogP contribution is 2.22. The Bertz CT molecular complexity index is 987. The van der Waals surface area contributed by atoms with Gasteiger partial charge >= 0.3 is 0 Å². The van der Waals surface area contributed by atoms with Crippen LogP contribution in [0.1, 0.15) is 47.9 Å². The summed E-state index contributed by atoms with van der Waals surface area (Å²) in [6.07, 6.45) is 1.54. The van der Waals surface area contributed by atoms with Gasteiger partial charge in [-0.25, -0.2) is 4.68 Å². The summed E-state index contributed by atoms with van der Waals surface area (Å²) in [5, 5.41) is 12.6. The van der Waals surface area contributed by atoms with E-state index in [9.17, 15) is 4.79 Å². The van der Waals surface area contributed by atoms with E-state index in [1.807, 2.05) is 23.7 Å². The molecule has 0 radical (unpaired) electrons. The Morgan fingerprint density at radius 1 is 1.13 bits per heavy atom. The molecule has 9 nitrogen and oxygen atoms in total. The molecule has 1 N–H and O–H groups in total. The van der Waals surface area contributed by atoms with Crippen LogP contribution in [0.5, 0.6) is 0 Å². The summed E-state index contributed by atoms with van der Waals surface area (Å²) in [7, 11) is 4.07. The minimum atomic E-state index is -0.0528. The van der Waals surface area contributed by atoms with Gasteiger partial charge in [-0.15, -0.1) is 5.10 Å². The number of hydrogen-bond acceptors (Lipinski definition) is 6. The number of carbonyl (C=O) groups excluding carboxylic acids is 1. The van der Waals surface area contributed by atoms with Crippen LogP contribution in [0.3, 0.4) is 0 Å². The third-order valence-corrected chi connectivity index (χ3v) is 5.84. The maximum absolute atomic E-state index is 12.7. The van der Waals surface area contributed by atoms with E-state index >= 15 is 0 Å². The predicted molar refractivity (Wildman–Crippen MR) is 116 cm³/mol. The first-order chi connectivity index (χ1) is 15.0. The monoisotopic (exact) mass is 424 g/mol. The summed E-state index contributed by atoms with van der Waals surface area (Å²) in [5.41, 5.74) is 2.32. The smallest absolute Gasteiger partial charge is 0.289 e. The number of amides is 1. The second-order valence-electron chi connectivity index (χ2n) is 8.42. The van der Waals surface area contributed by atoms with Gasteiger partial charge in [-0.2, -0.15) is 0 Å². The van der Waals surface area contributed by atoms with Gasteiger partial charge in [0.1, 0.15) is 0 Å². The SMILES string of the molecule is CC(C)n1nnnc1[C@H](c1ccc(N(C)C)cc1)[NH+]1CCN(C(=O)c2ccco2)CC1. The van der Waals surface area contributed by atoms with Gasteiger partial charge in [0.25, 0.3) is 5.91 Å². The lowest BCUT2D eigenvalue weighted by atomic mass is 10.0. The van der Waals surface area contributed by atoms with Crippen LogP contribution in [0, 0.1) is 0 Å². The molecule has 0 bridgehead atoms. The highest BCUT2D eigenvalue weighted by molar-refractivity contribution is 5.91. The third kappa shape index (κ3) is 4.32. The van der Waals surface area contributed by atoms with E-state index in [2.05, 4.69) is 58.5 Å². The number of piperazine rings is 1. The molecule has 0 unspecified atom stereocenters. The summed E-state index contributed by atoms with van der Waals surface area (Å²) in [4.78, 5) is 18.0. The first-order valence-electron chi connectivity index (χ1n) is 10.7. The highest BCUT2D eigenvalue weighted by atomic mass is 16.3. The summed E-state index contributed by atoms with van der Waals surface area (Å²) in [6.45, 7) is 7.09. The van der Waals surface area contributed by atoms with Crippen LogP contribution >= 0.6 is 0 Å². The van der Waals surface area contributed by atoms with Crippen molar-refractivity contribution in [2.24, 2.45) is 0 Å². The van der Waals surface area contributed by atoms with Crippen LogP contribution in [0.15, 0.2) is 47.1 Å². The number of nitrogens with one attached hydrogen (secondary N) is 1. The van der Waals surface area contributed by atoms with Gasteiger partial charge in [-0.05, 0) is 48.5 Å². The van der Waals surface area contributed by atoms with Gasteiger partial charge in [-0.1, -0.05) is 12.1 Å². The number of rotatable bonds is 6. The lowest BCUT2D eigenvalue weighted by molar-refractivity contribution is -0.930.